The van der Waals surface area contributed by atoms with Crippen LogP contribution in [0, 0.1) is 11.6 Å². The first-order valence-electron chi connectivity index (χ1n) is 5.42. The van der Waals surface area contributed by atoms with Gasteiger partial charge in [-0.05, 0) is 18.9 Å². The first-order valence-corrected chi connectivity index (χ1v) is 7.73. The van der Waals surface area contributed by atoms with Crippen LogP contribution in [-0.2, 0) is 9.05 Å². The van der Waals surface area contributed by atoms with Crippen molar-refractivity contribution in [3.8, 4) is 0 Å². The Morgan fingerprint density at radius 1 is 1.32 bits per heavy atom. The summed E-state index contributed by atoms with van der Waals surface area (Å²) < 4.78 is 49.2. The second-order valence-corrected chi connectivity index (χ2v) is 6.88. The van der Waals surface area contributed by atoms with Gasteiger partial charge in [-0.1, -0.05) is 0 Å². The lowest BCUT2D eigenvalue weighted by Crippen LogP contribution is -2.29. The van der Waals surface area contributed by atoms with Crippen molar-refractivity contribution < 1.29 is 22.0 Å². The number of halogens is 3. The highest BCUT2D eigenvalue weighted by molar-refractivity contribution is 8.13. The van der Waals surface area contributed by atoms with E-state index in [0.717, 1.165) is 12.8 Å². The lowest BCUT2D eigenvalue weighted by atomic mass is 10.2. The molecular weight excluding hydrogens is 300 g/mol. The number of benzene rings is 1. The molecule has 0 aromatic heterocycles. The minimum absolute atomic E-state index is 0.0213. The van der Waals surface area contributed by atoms with Crippen LogP contribution in [0.5, 0.6) is 0 Å². The summed E-state index contributed by atoms with van der Waals surface area (Å²) in [5, 5.41) is 0. The molecule has 1 aromatic rings. The Hall–Kier alpha value is -1.21. The fourth-order valence-corrected chi connectivity index (χ4v) is 2.60. The molecule has 1 saturated carbocycles. The largest absolute Gasteiger partial charge is 0.339 e. The highest BCUT2D eigenvalue weighted by Gasteiger charge is 2.32. The van der Waals surface area contributed by atoms with Gasteiger partial charge in [-0.3, -0.25) is 4.79 Å². The highest BCUT2D eigenvalue weighted by Crippen LogP contribution is 2.29. The van der Waals surface area contributed by atoms with Crippen LogP contribution in [0.3, 0.4) is 0 Å². The third-order valence-electron chi connectivity index (χ3n) is 2.93. The smallest absolute Gasteiger partial charge is 0.264 e. The minimum Gasteiger partial charge on any atom is -0.339 e. The Morgan fingerprint density at radius 2 is 1.89 bits per heavy atom. The monoisotopic (exact) mass is 309 g/mol. The molecule has 0 atom stereocenters. The van der Waals surface area contributed by atoms with Gasteiger partial charge in [0.05, 0.1) is 5.56 Å². The molecule has 0 heterocycles. The number of amides is 1. The van der Waals surface area contributed by atoms with Crippen LogP contribution in [0.2, 0.25) is 0 Å². The van der Waals surface area contributed by atoms with Crippen molar-refractivity contribution in [3.05, 3.63) is 29.3 Å². The third-order valence-corrected chi connectivity index (χ3v) is 4.27. The van der Waals surface area contributed by atoms with Gasteiger partial charge in [0.25, 0.3) is 15.0 Å². The Balaban J connectivity index is 2.48. The van der Waals surface area contributed by atoms with Crippen molar-refractivity contribution in [2.24, 2.45) is 0 Å². The normalized spacial score (nSPS) is 15.4. The zero-order valence-corrected chi connectivity index (χ0v) is 11.4. The summed E-state index contributed by atoms with van der Waals surface area (Å²) in [5.74, 6) is -3.13. The van der Waals surface area contributed by atoms with E-state index in [0.29, 0.717) is 12.1 Å². The van der Waals surface area contributed by atoms with Crippen LogP contribution in [0.25, 0.3) is 0 Å². The first kappa shape index (κ1) is 14.2. The SMILES string of the molecule is CN(C(=O)c1cc(S(=O)(=O)Cl)c(F)cc1F)C1CC1. The molecule has 104 valence electrons. The molecule has 8 heteroatoms. The van der Waals surface area contributed by atoms with Gasteiger partial charge in [0.15, 0.2) is 0 Å². The summed E-state index contributed by atoms with van der Waals surface area (Å²) in [5.41, 5.74) is -0.505. The molecule has 0 spiro atoms. The summed E-state index contributed by atoms with van der Waals surface area (Å²) in [6.45, 7) is 0. The molecule has 1 fully saturated rings. The summed E-state index contributed by atoms with van der Waals surface area (Å²) in [6, 6.07) is 1.00. The molecule has 0 saturated heterocycles. The maximum absolute atomic E-state index is 13.6. The van der Waals surface area contributed by atoms with Crippen molar-refractivity contribution in [2.45, 2.75) is 23.8 Å². The fraction of sp³-hybridized carbons (Fsp3) is 0.364. The van der Waals surface area contributed by atoms with E-state index >= 15 is 0 Å². The van der Waals surface area contributed by atoms with Crippen molar-refractivity contribution >= 4 is 25.6 Å². The van der Waals surface area contributed by atoms with Gasteiger partial charge in [0.1, 0.15) is 16.5 Å². The fourth-order valence-electron chi connectivity index (χ4n) is 1.70. The number of hydrogen-bond acceptors (Lipinski definition) is 3. The van der Waals surface area contributed by atoms with E-state index < -0.39 is 37.1 Å². The van der Waals surface area contributed by atoms with E-state index in [-0.39, 0.29) is 6.04 Å². The number of rotatable bonds is 3. The predicted molar refractivity (Wildman–Crippen MR) is 64.5 cm³/mol. The minimum atomic E-state index is -4.38. The zero-order valence-electron chi connectivity index (χ0n) is 9.86. The number of carbonyl (C=O) groups is 1. The summed E-state index contributed by atoms with van der Waals surface area (Å²) >= 11 is 0. The maximum Gasteiger partial charge on any atom is 0.264 e. The van der Waals surface area contributed by atoms with Gasteiger partial charge in [-0.15, -0.1) is 0 Å². The Morgan fingerprint density at radius 3 is 2.37 bits per heavy atom. The van der Waals surface area contributed by atoms with Crippen LogP contribution in [-0.4, -0.2) is 32.3 Å². The maximum atomic E-state index is 13.6. The first-order chi connectivity index (χ1) is 8.71. The van der Waals surface area contributed by atoms with E-state index in [1.54, 1.807) is 0 Å². The molecular formula is C11H10ClF2NO3S. The van der Waals surface area contributed by atoms with Crippen LogP contribution >= 0.6 is 10.7 Å². The third kappa shape index (κ3) is 2.87. The highest BCUT2D eigenvalue weighted by atomic mass is 35.7. The lowest BCUT2D eigenvalue weighted by Gasteiger charge is -2.17. The molecule has 4 nitrogen and oxygen atoms in total. The molecule has 0 bridgehead atoms. The standard InChI is InChI=1S/C11H10ClF2NO3S/c1-15(6-2-3-6)11(16)7-4-10(19(12,17)18)9(14)5-8(7)13/h4-6H,2-3H2,1H3. The Bertz CT molecular complexity index is 644. The molecule has 2 rings (SSSR count). The topological polar surface area (TPSA) is 54.5 Å². The zero-order chi connectivity index (χ0) is 14.4. The van der Waals surface area contributed by atoms with Gasteiger partial charge in [0, 0.05) is 29.8 Å². The molecule has 0 aliphatic heterocycles. The van der Waals surface area contributed by atoms with E-state index in [1.807, 2.05) is 0 Å². The van der Waals surface area contributed by atoms with E-state index in [1.165, 1.54) is 11.9 Å². The Kier molecular flexibility index (Phi) is 3.53. The summed E-state index contributed by atoms with van der Waals surface area (Å²) in [6.07, 6.45) is 1.62. The van der Waals surface area contributed by atoms with Gasteiger partial charge in [-0.25, -0.2) is 17.2 Å². The number of hydrogen-bond donors (Lipinski definition) is 0. The van der Waals surface area contributed by atoms with Crippen molar-refractivity contribution in [1.29, 1.82) is 0 Å². The molecule has 1 aromatic carbocycles. The summed E-state index contributed by atoms with van der Waals surface area (Å²) in [4.78, 5) is 12.4. The average molecular weight is 310 g/mol. The molecule has 1 aliphatic carbocycles. The van der Waals surface area contributed by atoms with Gasteiger partial charge in [0.2, 0.25) is 0 Å². The van der Waals surface area contributed by atoms with Crippen molar-refractivity contribution in [2.75, 3.05) is 7.05 Å². The number of carbonyl (C=O) groups excluding carboxylic acids is 1. The average Bonchev–Trinajstić information content (AvgIpc) is 3.09. The van der Waals surface area contributed by atoms with E-state index in [2.05, 4.69) is 0 Å². The molecule has 0 radical (unpaired) electrons. The molecule has 1 aliphatic rings. The molecule has 1 amide bonds. The van der Waals surface area contributed by atoms with Crippen LogP contribution < -0.4 is 0 Å². The number of nitrogens with zero attached hydrogens (tertiary/aromatic N) is 1. The summed E-state index contributed by atoms with van der Waals surface area (Å²) in [7, 11) is 2.14. The molecule has 0 unspecified atom stereocenters. The lowest BCUT2D eigenvalue weighted by molar-refractivity contribution is 0.0780. The van der Waals surface area contributed by atoms with Crippen molar-refractivity contribution in [1.82, 2.24) is 4.90 Å². The van der Waals surface area contributed by atoms with Crippen LogP contribution in [0.15, 0.2) is 17.0 Å². The predicted octanol–water partition coefficient (Wildman–Crippen LogP) is 2.13. The van der Waals surface area contributed by atoms with Crippen LogP contribution in [0.1, 0.15) is 23.2 Å². The quantitative estimate of drug-likeness (QED) is 0.804. The second kappa shape index (κ2) is 4.72. The van der Waals surface area contributed by atoms with E-state index in [9.17, 15) is 22.0 Å². The molecule has 0 N–H and O–H groups in total. The van der Waals surface area contributed by atoms with Gasteiger partial charge >= 0.3 is 0 Å². The van der Waals surface area contributed by atoms with Crippen LogP contribution in [0.4, 0.5) is 8.78 Å². The van der Waals surface area contributed by atoms with Crippen molar-refractivity contribution in [3.63, 3.8) is 0 Å². The molecule has 19 heavy (non-hydrogen) atoms. The van der Waals surface area contributed by atoms with Gasteiger partial charge in [-0.2, -0.15) is 0 Å². The van der Waals surface area contributed by atoms with E-state index in [4.69, 9.17) is 10.7 Å². The second-order valence-electron chi connectivity index (χ2n) is 4.35. The Labute approximate surface area is 113 Å². The van der Waals surface area contributed by atoms with Gasteiger partial charge < -0.3 is 4.90 Å².